The Morgan fingerprint density at radius 2 is 2.12 bits per heavy atom. The minimum atomic E-state index is -3.85. The molecule has 0 spiro atoms. The zero-order valence-electron chi connectivity index (χ0n) is 4.53. The zero-order valence-corrected chi connectivity index (χ0v) is 5.35. The van der Waals surface area contributed by atoms with Crippen molar-refractivity contribution in [1.29, 1.82) is 0 Å². The van der Waals surface area contributed by atoms with Crippen LogP contribution in [0.1, 0.15) is 6.92 Å². The van der Waals surface area contributed by atoms with Crippen molar-refractivity contribution in [2.45, 2.75) is 13.0 Å². The highest BCUT2D eigenvalue weighted by Gasteiger charge is 2.06. The molecular formula is C3H9NO3S. The molecule has 0 unspecified atom stereocenters. The van der Waals surface area contributed by atoms with Crippen molar-refractivity contribution in [1.82, 2.24) is 0 Å². The highest BCUT2D eigenvalue weighted by molar-refractivity contribution is 7.85. The minimum Gasteiger partial charge on any atom is -0.327 e. The predicted molar refractivity (Wildman–Crippen MR) is 30.1 cm³/mol. The minimum absolute atomic E-state index is 0.368. The highest BCUT2D eigenvalue weighted by Crippen LogP contribution is 1.83. The predicted octanol–water partition coefficient (Wildman–Crippen LogP) is -0.779. The molecule has 0 aliphatic carbocycles. The van der Waals surface area contributed by atoms with Gasteiger partial charge in [-0.1, -0.05) is 0 Å². The number of rotatable bonds is 2. The summed E-state index contributed by atoms with van der Waals surface area (Å²) in [7, 11) is -3.85. The third-order valence-electron chi connectivity index (χ3n) is 0.474. The number of hydrogen-bond acceptors (Lipinski definition) is 3. The van der Waals surface area contributed by atoms with Gasteiger partial charge in [-0.2, -0.15) is 8.42 Å². The Balaban J connectivity index is 3.75. The second kappa shape index (κ2) is 2.43. The van der Waals surface area contributed by atoms with Crippen molar-refractivity contribution < 1.29 is 13.0 Å². The Kier molecular flexibility index (Phi) is 2.39. The average Bonchev–Trinajstić information content (AvgIpc) is 1.21. The van der Waals surface area contributed by atoms with E-state index >= 15 is 0 Å². The topological polar surface area (TPSA) is 80.4 Å². The molecule has 0 saturated carbocycles. The van der Waals surface area contributed by atoms with Crippen LogP contribution < -0.4 is 5.73 Å². The first-order valence-corrected chi connectivity index (χ1v) is 3.73. The van der Waals surface area contributed by atoms with E-state index < -0.39 is 16.2 Å². The normalized spacial score (nSPS) is 15.9. The van der Waals surface area contributed by atoms with Crippen LogP contribution in [0, 0.1) is 0 Å². The Labute approximate surface area is 48.4 Å². The average molecular weight is 139 g/mol. The van der Waals surface area contributed by atoms with Gasteiger partial charge in [0.25, 0.3) is 10.1 Å². The number of hydrogen-bond donors (Lipinski definition) is 2. The molecule has 0 aromatic heterocycles. The Bertz CT molecular complexity index is 148. The molecule has 0 aromatic carbocycles. The third kappa shape index (κ3) is 5.87. The summed E-state index contributed by atoms with van der Waals surface area (Å²) in [6.07, 6.45) is 0. The molecule has 0 rings (SSSR count). The van der Waals surface area contributed by atoms with Gasteiger partial charge in [0.2, 0.25) is 0 Å². The van der Waals surface area contributed by atoms with E-state index in [4.69, 9.17) is 10.3 Å². The highest BCUT2D eigenvalue weighted by atomic mass is 32.2. The van der Waals surface area contributed by atoms with E-state index in [-0.39, 0.29) is 5.75 Å². The third-order valence-corrected chi connectivity index (χ3v) is 1.42. The Morgan fingerprint density at radius 1 is 1.75 bits per heavy atom. The smallest absolute Gasteiger partial charge is 0.266 e. The van der Waals surface area contributed by atoms with Gasteiger partial charge in [-0.3, -0.25) is 4.55 Å². The first-order chi connectivity index (χ1) is 3.42. The van der Waals surface area contributed by atoms with Gasteiger partial charge in [0.15, 0.2) is 0 Å². The van der Waals surface area contributed by atoms with Gasteiger partial charge in [-0.25, -0.2) is 0 Å². The van der Waals surface area contributed by atoms with E-state index in [1.54, 1.807) is 0 Å². The Morgan fingerprint density at radius 3 is 2.12 bits per heavy atom. The van der Waals surface area contributed by atoms with Gasteiger partial charge < -0.3 is 5.73 Å². The van der Waals surface area contributed by atoms with Crippen LogP contribution in [0.25, 0.3) is 0 Å². The second-order valence-electron chi connectivity index (χ2n) is 1.73. The van der Waals surface area contributed by atoms with Crippen LogP contribution >= 0.6 is 0 Å². The van der Waals surface area contributed by atoms with Crippen LogP contribution in [0.4, 0.5) is 0 Å². The van der Waals surface area contributed by atoms with Gasteiger partial charge in [0, 0.05) is 6.04 Å². The van der Waals surface area contributed by atoms with E-state index in [0.29, 0.717) is 0 Å². The Hall–Kier alpha value is -0.130. The summed E-state index contributed by atoms with van der Waals surface area (Å²) < 4.78 is 27.9. The van der Waals surface area contributed by atoms with Crippen LogP contribution in [0.2, 0.25) is 0 Å². The molecule has 0 aromatic rings. The molecule has 50 valence electrons. The summed E-state index contributed by atoms with van der Waals surface area (Å²) >= 11 is 0. The fourth-order valence-electron chi connectivity index (χ4n) is 0.332. The van der Waals surface area contributed by atoms with Crippen molar-refractivity contribution in [3.05, 3.63) is 0 Å². The van der Waals surface area contributed by atoms with Crippen LogP contribution in [0.5, 0.6) is 0 Å². The lowest BCUT2D eigenvalue weighted by molar-refractivity contribution is 0.479. The number of nitrogens with two attached hydrogens (primary N) is 1. The van der Waals surface area contributed by atoms with Crippen LogP contribution in [-0.4, -0.2) is 24.8 Å². The molecule has 0 bridgehead atoms. The standard InChI is InChI=1S/C3H9NO3S/c1-3(4)2-8(5,6)7/h3H,2,4H2,1H3,(H,5,6,7)/t3-/m0/s1. The SMILES string of the molecule is C[C@H](N)CS(=O)(=O)O. The lowest BCUT2D eigenvalue weighted by Crippen LogP contribution is -2.25. The zero-order chi connectivity index (χ0) is 6.78. The van der Waals surface area contributed by atoms with Gasteiger partial charge in [0.1, 0.15) is 0 Å². The molecule has 4 nitrogen and oxygen atoms in total. The first kappa shape index (κ1) is 7.87. The molecule has 0 aliphatic heterocycles. The van der Waals surface area contributed by atoms with Gasteiger partial charge in [-0.05, 0) is 6.92 Å². The molecule has 0 radical (unpaired) electrons. The van der Waals surface area contributed by atoms with Crippen molar-refractivity contribution in [3.63, 3.8) is 0 Å². The van der Waals surface area contributed by atoms with Gasteiger partial charge >= 0.3 is 0 Å². The fraction of sp³-hybridized carbons (Fsp3) is 1.00. The maximum atomic E-state index is 9.92. The lowest BCUT2D eigenvalue weighted by Gasteiger charge is -1.98. The molecular weight excluding hydrogens is 130 g/mol. The molecule has 3 N–H and O–H groups in total. The van der Waals surface area contributed by atoms with E-state index in [2.05, 4.69) is 0 Å². The van der Waals surface area contributed by atoms with E-state index in [0.717, 1.165) is 0 Å². The largest absolute Gasteiger partial charge is 0.327 e. The first-order valence-electron chi connectivity index (χ1n) is 2.12. The molecule has 0 aliphatic rings. The van der Waals surface area contributed by atoms with Crippen molar-refractivity contribution in [2.24, 2.45) is 5.73 Å². The maximum absolute atomic E-state index is 9.92. The fourth-order valence-corrected chi connectivity index (χ4v) is 0.997. The van der Waals surface area contributed by atoms with Crippen LogP contribution in [0.15, 0.2) is 0 Å². The maximum Gasteiger partial charge on any atom is 0.266 e. The monoisotopic (exact) mass is 139 g/mol. The summed E-state index contributed by atoms with van der Waals surface area (Å²) in [5.74, 6) is -0.368. The summed E-state index contributed by atoms with van der Waals surface area (Å²) in [4.78, 5) is 0. The van der Waals surface area contributed by atoms with E-state index in [1.165, 1.54) is 6.92 Å². The van der Waals surface area contributed by atoms with Gasteiger partial charge in [0.05, 0.1) is 5.75 Å². The second-order valence-corrected chi connectivity index (χ2v) is 3.22. The van der Waals surface area contributed by atoms with Crippen molar-refractivity contribution in [3.8, 4) is 0 Å². The molecule has 0 saturated heterocycles. The van der Waals surface area contributed by atoms with Crippen molar-refractivity contribution >= 4 is 10.1 Å². The van der Waals surface area contributed by atoms with Gasteiger partial charge in [-0.15, -0.1) is 0 Å². The summed E-state index contributed by atoms with van der Waals surface area (Å²) in [6.45, 7) is 1.51. The molecule has 0 amide bonds. The van der Waals surface area contributed by atoms with Crippen LogP contribution in [-0.2, 0) is 10.1 Å². The lowest BCUT2D eigenvalue weighted by atomic mass is 10.4. The summed E-state index contributed by atoms with van der Waals surface area (Å²) in [5, 5.41) is 0. The molecule has 0 fully saturated rings. The molecule has 1 atom stereocenters. The summed E-state index contributed by atoms with van der Waals surface area (Å²) in [5.41, 5.74) is 5.04. The molecule has 8 heavy (non-hydrogen) atoms. The summed E-state index contributed by atoms with van der Waals surface area (Å²) in [6, 6.07) is -0.495. The van der Waals surface area contributed by atoms with E-state index in [9.17, 15) is 8.42 Å². The molecule has 0 heterocycles. The molecule has 5 heteroatoms. The quantitative estimate of drug-likeness (QED) is 0.492. The van der Waals surface area contributed by atoms with Crippen LogP contribution in [0.3, 0.4) is 0 Å². The van der Waals surface area contributed by atoms with Crippen molar-refractivity contribution in [2.75, 3.05) is 5.75 Å². The van der Waals surface area contributed by atoms with E-state index in [1.807, 2.05) is 0 Å².